The topological polar surface area (TPSA) is 55.3 Å². The lowest BCUT2D eigenvalue weighted by Crippen LogP contribution is -2.56. The van der Waals surface area contributed by atoms with Crippen LogP contribution in [0.15, 0.2) is 42.9 Å². The van der Waals surface area contributed by atoms with E-state index in [0.29, 0.717) is 13.2 Å². The number of hydrogen-bond donors (Lipinski definition) is 0. The number of amides is 1. The molecule has 1 atom stereocenters. The highest BCUT2D eigenvalue weighted by Gasteiger charge is 2.39. The largest absolute Gasteiger partial charge is 0.369 e. The minimum absolute atomic E-state index is 0.159. The Balaban J connectivity index is 1.89. The highest BCUT2D eigenvalue weighted by Crippen LogP contribution is 2.31. The second-order valence-electron chi connectivity index (χ2n) is 6.16. The van der Waals surface area contributed by atoms with Gasteiger partial charge in [-0.05, 0) is 19.4 Å². The Kier molecular flexibility index (Phi) is 4.33. The van der Waals surface area contributed by atoms with E-state index in [1.165, 1.54) is 12.5 Å². The number of rotatable bonds is 2. The number of hydrogen-bond acceptors (Lipinski definition) is 4. The Hall–Kier alpha value is -1.98. The summed E-state index contributed by atoms with van der Waals surface area (Å²) in [5.41, 5.74) is 0.842. The second-order valence-corrected chi connectivity index (χ2v) is 6.57. The van der Waals surface area contributed by atoms with Crippen LogP contribution in [0.4, 0.5) is 0 Å². The Bertz CT molecular complexity index is 706. The Morgan fingerprint density at radius 2 is 2.09 bits per heavy atom. The van der Waals surface area contributed by atoms with Gasteiger partial charge in [-0.15, -0.1) is 0 Å². The van der Waals surface area contributed by atoms with Gasteiger partial charge in [0.05, 0.1) is 23.7 Å². The van der Waals surface area contributed by atoms with Crippen LogP contribution in [0.1, 0.15) is 36.0 Å². The molecule has 1 aromatic heterocycles. The lowest BCUT2D eigenvalue weighted by Gasteiger charge is -2.45. The lowest BCUT2D eigenvalue weighted by atomic mass is 9.97. The number of carbonyl (C=O) groups is 1. The first kappa shape index (κ1) is 15.9. The van der Waals surface area contributed by atoms with Gasteiger partial charge in [-0.25, -0.2) is 9.97 Å². The van der Waals surface area contributed by atoms with Gasteiger partial charge in [-0.3, -0.25) is 4.79 Å². The van der Waals surface area contributed by atoms with Crippen molar-refractivity contribution in [3.63, 3.8) is 0 Å². The summed E-state index contributed by atoms with van der Waals surface area (Å²) in [6.45, 7) is 4.85. The number of carbonyl (C=O) groups excluding carboxylic acids is 1. The monoisotopic (exact) mass is 331 g/mol. The van der Waals surface area contributed by atoms with Crippen LogP contribution in [0.5, 0.6) is 0 Å². The summed E-state index contributed by atoms with van der Waals surface area (Å²) in [4.78, 5) is 22.6. The summed E-state index contributed by atoms with van der Waals surface area (Å²) < 4.78 is 5.97. The molecule has 5 nitrogen and oxygen atoms in total. The van der Waals surface area contributed by atoms with E-state index in [1.807, 2.05) is 44.2 Å². The van der Waals surface area contributed by atoms with Gasteiger partial charge in [0.15, 0.2) is 0 Å². The molecule has 2 heterocycles. The maximum Gasteiger partial charge on any atom is 0.274 e. The quantitative estimate of drug-likeness (QED) is 0.848. The van der Waals surface area contributed by atoms with Gasteiger partial charge in [0.1, 0.15) is 18.1 Å². The first-order chi connectivity index (χ1) is 11.0. The van der Waals surface area contributed by atoms with Crippen molar-refractivity contribution in [2.45, 2.75) is 25.5 Å². The van der Waals surface area contributed by atoms with Crippen LogP contribution < -0.4 is 0 Å². The molecule has 0 aliphatic carbocycles. The third kappa shape index (κ3) is 3.21. The fraction of sp³-hybridized carbons (Fsp3) is 0.353. The van der Waals surface area contributed by atoms with E-state index in [-0.39, 0.29) is 22.7 Å². The maximum absolute atomic E-state index is 12.9. The third-order valence-corrected chi connectivity index (χ3v) is 4.28. The van der Waals surface area contributed by atoms with Crippen LogP contribution >= 0.6 is 11.6 Å². The first-order valence-electron chi connectivity index (χ1n) is 7.43. The van der Waals surface area contributed by atoms with Crippen molar-refractivity contribution in [1.82, 2.24) is 14.9 Å². The molecule has 120 valence electrons. The summed E-state index contributed by atoms with van der Waals surface area (Å²) in [6, 6.07) is 9.89. The SMILES string of the molecule is CC1(C)COC(c2ccccc2)CN1C(=O)c1ncncc1Cl. The number of aromatic nitrogens is 2. The molecule has 23 heavy (non-hydrogen) atoms. The Labute approximate surface area is 140 Å². The van der Waals surface area contributed by atoms with Gasteiger partial charge in [0.25, 0.3) is 5.91 Å². The second kappa shape index (κ2) is 6.26. The number of ether oxygens (including phenoxy) is 1. The standard InChI is InChI=1S/C17H18ClN3O2/c1-17(2)10-23-14(12-6-4-3-5-7-12)9-21(17)16(22)15-13(18)8-19-11-20-15/h3-8,11,14H,9-10H2,1-2H3. The molecule has 1 aliphatic heterocycles. The predicted molar refractivity (Wildman–Crippen MR) is 87.3 cm³/mol. The normalized spacial score (nSPS) is 20.3. The van der Waals surface area contributed by atoms with Gasteiger partial charge in [-0.1, -0.05) is 41.9 Å². The fourth-order valence-electron chi connectivity index (χ4n) is 2.67. The molecule has 1 aliphatic rings. The molecule has 1 saturated heterocycles. The van der Waals surface area contributed by atoms with Crippen LogP contribution in [0, 0.1) is 0 Å². The van der Waals surface area contributed by atoms with Crippen molar-refractivity contribution >= 4 is 17.5 Å². The molecule has 0 radical (unpaired) electrons. The van der Waals surface area contributed by atoms with Crippen molar-refractivity contribution in [3.8, 4) is 0 Å². The molecule has 0 bridgehead atoms. The Morgan fingerprint density at radius 1 is 1.35 bits per heavy atom. The highest BCUT2D eigenvalue weighted by molar-refractivity contribution is 6.33. The van der Waals surface area contributed by atoms with Gasteiger partial charge < -0.3 is 9.64 Å². The molecule has 0 spiro atoms. The van der Waals surface area contributed by atoms with E-state index in [4.69, 9.17) is 16.3 Å². The molecule has 6 heteroatoms. The Morgan fingerprint density at radius 3 is 2.78 bits per heavy atom. The zero-order valence-electron chi connectivity index (χ0n) is 13.1. The van der Waals surface area contributed by atoms with Gasteiger partial charge in [0.2, 0.25) is 0 Å². The zero-order valence-corrected chi connectivity index (χ0v) is 13.8. The molecular weight excluding hydrogens is 314 g/mol. The van der Waals surface area contributed by atoms with E-state index >= 15 is 0 Å². The molecule has 0 N–H and O–H groups in total. The highest BCUT2D eigenvalue weighted by atomic mass is 35.5. The molecule has 1 amide bonds. The van der Waals surface area contributed by atoms with E-state index in [9.17, 15) is 4.79 Å². The first-order valence-corrected chi connectivity index (χ1v) is 7.81. The maximum atomic E-state index is 12.9. The van der Waals surface area contributed by atoms with Crippen LogP contribution in [-0.4, -0.2) is 39.5 Å². The van der Waals surface area contributed by atoms with Crippen LogP contribution in [0.25, 0.3) is 0 Å². The number of halogens is 1. The summed E-state index contributed by atoms with van der Waals surface area (Å²) >= 11 is 6.08. The van der Waals surface area contributed by atoms with E-state index in [2.05, 4.69) is 9.97 Å². The minimum atomic E-state index is -0.434. The van der Waals surface area contributed by atoms with Crippen molar-refractivity contribution in [1.29, 1.82) is 0 Å². The van der Waals surface area contributed by atoms with E-state index < -0.39 is 5.54 Å². The van der Waals surface area contributed by atoms with Crippen LogP contribution in [-0.2, 0) is 4.74 Å². The van der Waals surface area contributed by atoms with Crippen LogP contribution in [0.3, 0.4) is 0 Å². The van der Waals surface area contributed by atoms with Gasteiger partial charge in [0, 0.05) is 6.20 Å². The summed E-state index contributed by atoms with van der Waals surface area (Å²) in [5.74, 6) is -0.202. The predicted octanol–water partition coefficient (Wildman–Crippen LogP) is 3.12. The molecule has 1 aromatic carbocycles. The third-order valence-electron chi connectivity index (χ3n) is 4.00. The lowest BCUT2D eigenvalue weighted by molar-refractivity contribution is -0.0848. The van der Waals surface area contributed by atoms with E-state index in [0.717, 1.165) is 5.56 Å². The summed E-state index contributed by atoms with van der Waals surface area (Å²) in [7, 11) is 0. The average Bonchev–Trinajstić information content (AvgIpc) is 2.55. The van der Waals surface area contributed by atoms with Gasteiger partial charge in [-0.2, -0.15) is 0 Å². The fourth-order valence-corrected chi connectivity index (χ4v) is 2.86. The number of benzene rings is 1. The zero-order chi connectivity index (χ0) is 16.4. The van der Waals surface area contributed by atoms with Crippen molar-refractivity contribution in [2.75, 3.05) is 13.2 Å². The van der Waals surface area contributed by atoms with Gasteiger partial charge >= 0.3 is 0 Å². The van der Waals surface area contributed by atoms with Crippen molar-refractivity contribution < 1.29 is 9.53 Å². The molecule has 3 rings (SSSR count). The number of nitrogens with zero attached hydrogens (tertiary/aromatic N) is 3. The summed E-state index contributed by atoms with van der Waals surface area (Å²) in [6.07, 6.45) is 2.61. The average molecular weight is 332 g/mol. The molecule has 2 aromatic rings. The molecule has 1 unspecified atom stereocenters. The number of morpholine rings is 1. The van der Waals surface area contributed by atoms with Crippen molar-refractivity contribution in [3.05, 3.63) is 59.1 Å². The molecule has 1 fully saturated rings. The molecule has 0 saturated carbocycles. The smallest absolute Gasteiger partial charge is 0.274 e. The van der Waals surface area contributed by atoms with Crippen LogP contribution in [0.2, 0.25) is 5.02 Å². The molecular formula is C17H18ClN3O2. The van der Waals surface area contributed by atoms with E-state index in [1.54, 1.807) is 4.90 Å². The summed E-state index contributed by atoms with van der Waals surface area (Å²) in [5, 5.41) is 0.260. The van der Waals surface area contributed by atoms with Crippen molar-refractivity contribution in [2.24, 2.45) is 0 Å². The minimum Gasteiger partial charge on any atom is -0.369 e.